The number of carbonyl (C=O) groups excluding carboxylic acids is 1. The highest BCUT2D eigenvalue weighted by atomic mass is 32.2. The van der Waals surface area contributed by atoms with Crippen LogP contribution >= 0.6 is 0 Å². The molecule has 0 aromatic heterocycles. The smallest absolute Gasteiger partial charge is 0.264 e. The Morgan fingerprint density at radius 3 is 1.95 bits per heavy atom. The maximum atomic E-state index is 10.4. The van der Waals surface area contributed by atoms with Crippen LogP contribution in [0.1, 0.15) is 52.9 Å². The Bertz CT molecular complexity index is 388. The van der Waals surface area contributed by atoms with Gasteiger partial charge in [0.2, 0.25) is 5.91 Å². The molecule has 6 nitrogen and oxygen atoms in total. The molecule has 0 aliphatic heterocycles. The van der Waals surface area contributed by atoms with Gasteiger partial charge in [-0.2, -0.15) is 8.42 Å². The van der Waals surface area contributed by atoms with E-state index in [-0.39, 0.29) is 11.7 Å². The number of hydrogen-bond donors (Lipinski definition) is 2. The highest BCUT2D eigenvalue weighted by molar-refractivity contribution is 7.85. The molecule has 0 spiro atoms. The van der Waals surface area contributed by atoms with Gasteiger partial charge >= 0.3 is 0 Å². The van der Waals surface area contributed by atoms with Crippen LogP contribution in [0, 0.1) is 0 Å². The minimum atomic E-state index is -3.69. The van der Waals surface area contributed by atoms with Gasteiger partial charge in [-0.15, -0.1) is 0 Å². The quantitative estimate of drug-likeness (QED) is 0.445. The summed E-state index contributed by atoms with van der Waals surface area (Å²) in [5.74, 6) is -0.466. The summed E-state index contributed by atoms with van der Waals surface area (Å²) in [5, 5.41) is 0. The highest BCUT2D eigenvalue weighted by Gasteiger charge is 2.00. The Kier molecular flexibility index (Phi) is 15.9. The van der Waals surface area contributed by atoms with Crippen LogP contribution in [0.25, 0.3) is 0 Å². The highest BCUT2D eigenvalue weighted by Crippen LogP contribution is 1.96. The largest absolute Gasteiger partial charge is 0.366 e. The van der Waals surface area contributed by atoms with Crippen LogP contribution in [-0.4, -0.2) is 49.2 Å². The van der Waals surface area contributed by atoms with Gasteiger partial charge in [-0.05, 0) is 44.8 Å². The molecule has 132 valence electrons. The van der Waals surface area contributed by atoms with Crippen LogP contribution in [0.15, 0.2) is 12.2 Å². The number of amides is 1. The Hall–Kier alpha value is -0.920. The zero-order valence-electron chi connectivity index (χ0n) is 14.1. The number of carbonyl (C=O) groups is 1. The lowest BCUT2D eigenvalue weighted by Gasteiger charge is -2.19. The van der Waals surface area contributed by atoms with Crippen molar-refractivity contribution in [3.8, 4) is 0 Å². The van der Waals surface area contributed by atoms with Gasteiger partial charge in [0.25, 0.3) is 10.1 Å². The molecule has 0 fully saturated rings. The normalized spacial score (nSPS) is 11.5. The molecule has 0 saturated heterocycles. The maximum absolute atomic E-state index is 10.4. The van der Waals surface area contributed by atoms with E-state index in [1.54, 1.807) is 0 Å². The van der Waals surface area contributed by atoms with Crippen LogP contribution in [0.4, 0.5) is 0 Å². The second-order valence-electron chi connectivity index (χ2n) is 5.07. The van der Waals surface area contributed by atoms with Gasteiger partial charge in [-0.3, -0.25) is 9.35 Å². The molecular formula is C15H32N2O4S. The maximum Gasteiger partial charge on any atom is 0.264 e. The standard InChI is InChI=1S/C11H22N2O.C4H10O3S/c1-3-8-13(9-4-2)10-6-5-7-11(12)14;1-2-3-4-8(5,6)7/h5,7H,3-4,6,8-10H2,1-2H3,(H2,12,14);2-4H2,1H3,(H,5,6,7). The zero-order valence-corrected chi connectivity index (χ0v) is 14.9. The molecule has 0 rings (SSSR count). The lowest BCUT2D eigenvalue weighted by atomic mass is 10.3. The fourth-order valence-corrected chi connectivity index (χ4v) is 2.40. The SMILES string of the molecule is CCCCS(=O)(=O)O.CCCN(CCC)CCC=CC(N)=O. The van der Waals surface area contributed by atoms with E-state index in [0.29, 0.717) is 6.42 Å². The summed E-state index contributed by atoms with van der Waals surface area (Å²) in [6.45, 7) is 9.52. The fourth-order valence-electron chi connectivity index (χ4n) is 1.75. The third kappa shape index (κ3) is 21.4. The van der Waals surface area contributed by atoms with Crippen molar-refractivity contribution in [2.45, 2.75) is 52.9 Å². The average molecular weight is 336 g/mol. The minimum absolute atomic E-state index is 0.108. The first-order valence-corrected chi connectivity index (χ1v) is 9.51. The molecule has 0 bridgehead atoms. The second-order valence-corrected chi connectivity index (χ2v) is 6.65. The predicted molar refractivity (Wildman–Crippen MR) is 91.3 cm³/mol. The van der Waals surface area contributed by atoms with Gasteiger partial charge in [0.1, 0.15) is 0 Å². The van der Waals surface area contributed by atoms with Gasteiger partial charge in [-0.1, -0.05) is 33.3 Å². The molecule has 0 aliphatic rings. The number of hydrogen-bond acceptors (Lipinski definition) is 4. The molecule has 0 atom stereocenters. The Labute approximate surface area is 135 Å². The Morgan fingerprint density at radius 1 is 1.09 bits per heavy atom. The van der Waals surface area contributed by atoms with E-state index in [0.717, 1.165) is 32.5 Å². The summed E-state index contributed by atoms with van der Waals surface area (Å²) >= 11 is 0. The molecule has 0 aromatic carbocycles. The first-order chi connectivity index (χ1) is 10.3. The molecule has 0 heterocycles. The molecule has 0 unspecified atom stereocenters. The monoisotopic (exact) mass is 336 g/mol. The first-order valence-electron chi connectivity index (χ1n) is 7.90. The molecular weight excluding hydrogens is 304 g/mol. The molecule has 0 aromatic rings. The lowest BCUT2D eigenvalue weighted by Crippen LogP contribution is -2.26. The van der Waals surface area contributed by atoms with E-state index in [1.807, 2.05) is 13.0 Å². The van der Waals surface area contributed by atoms with E-state index in [2.05, 4.69) is 18.7 Å². The number of nitrogens with two attached hydrogens (primary N) is 1. The predicted octanol–water partition coefficient (Wildman–Crippen LogP) is 2.21. The summed E-state index contributed by atoms with van der Waals surface area (Å²) in [7, 11) is -3.69. The zero-order chi connectivity index (χ0) is 17.4. The second kappa shape index (κ2) is 15.0. The van der Waals surface area contributed by atoms with Crippen LogP contribution in [0.3, 0.4) is 0 Å². The van der Waals surface area contributed by atoms with Crippen molar-refractivity contribution < 1.29 is 17.8 Å². The van der Waals surface area contributed by atoms with Gasteiger partial charge < -0.3 is 10.6 Å². The average Bonchev–Trinajstić information content (AvgIpc) is 2.41. The molecule has 0 aliphatic carbocycles. The topological polar surface area (TPSA) is 101 Å². The lowest BCUT2D eigenvalue weighted by molar-refractivity contribution is -0.113. The number of nitrogens with zero attached hydrogens (tertiary/aromatic N) is 1. The fraction of sp³-hybridized carbons (Fsp3) is 0.800. The van der Waals surface area contributed by atoms with E-state index in [9.17, 15) is 13.2 Å². The van der Waals surface area contributed by atoms with Crippen molar-refractivity contribution in [2.75, 3.05) is 25.4 Å². The van der Waals surface area contributed by atoms with Crippen molar-refractivity contribution in [3.05, 3.63) is 12.2 Å². The summed E-state index contributed by atoms with van der Waals surface area (Å²) in [5.41, 5.74) is 4.99. The number of rotatable bonds is 11. The summed E-state index contributed by atoms with van der Waals surface area (Å²) in [6.07, 6.45) is 7.89. The van der Waals surface area contributed by atoms with Crippen LogP contribution in [0.2, 0.25) is 0 Å². The van der Waals surface area contributed by atoms with E-state index < -0.39 is 10.1 Å². The summed E-state index contributed by atoms with van der Waals surface area (Å²) < 4.78 is 28.0. The van der Waals surface area contributed by atoms with Crippen LogP contribution in [-0.2, 0) is 14.9 Å². The van der Waals surface area contributed by atoms with Crippen LogP contribution < -0.4 is 5.73 Å². The molecule has 3 N–H and O–H groups in total. The minimum Gasteiger partial charge on any atom is -0.366 e. The molecule has 22 heavy (non-hydrogen) atoms. The van der Waals surface area contributed by atoms with Crippen molar-refractivity contribution in [2.24, 2.45) is 5.73 Å². The van der Waals surface area contributed by atoms with Crippen molar-refractivity contribution in [1.82, 2.24) is 4.90 Å². The molecule has 7 heteroatoms. The third-order valence-electron chi connectivity index (χ3n) is 2.73. The van der Waals surface area contributed by atoms with E-state index >= 15 is 0 Å². The third-order valence-corrected chi connectivity index (χ3v) is 3.53. The summed E-state index contributed by atoms with van der Waals surface area (Å²) in [4.78, 5) is 12.8. The molecule has 0 saturated carbocycles. The van der Waals surface area contributed by atoms with Gasteiger partial charge in [0, 0.05) is 6.54 Å². The van der Waals surface area contributed by atoms with Crippen LogP contribution in [0.5, 0.6) is 0 Å². The summed E-state index contributed by atoms with van der Waals surface area (Å²) in [6, 6.07) is 0. The number of primary amides is 1. The van der Waals surface area contributed by atoms with Crippen molar-refractivity contribution in [1.29, 1.82) is 0 Å². The van der Waals surface area contributed by atoms with Gasteiger partial charge in [-0.25, -0.2) is 0 Å². The molecule has 1 amide bonds. The van der Waals surface area contributed by atoms with E-state index in [1.165, 1.54) is 18.9 Å². The first kappa shape index (κ1) is 23.3. The van der Waals surface area contributed by atoms with Gasteiger partial charge in [0.05, 0.1) is 5.75 Å². The Balaban J connectivity index is 0. The molecule has 0 radical (unpaired) electrons. The van der Waals surface area contributed by atoms with Crippen molar-refractivity contribution in [3.63, 3.8) is 0 Å². The Morgan fingerprint density at radius 2 is 1.64 bits per heavy atom. The van der Waals surface area contributed by atoms with E-state index in [4.69, 9.17) is 10.3 Å². The number of unbranched alkanes of at least 4 members (excludes halogenated alkanes) is 1. The van der Waals surface area contributed by atoms with Gasteiger partial charge in [0.15, 0.2) is 0 Å². The van der Waals surface area contributed by atoms with Crippen molar-refractivity contribution >= 4 is 16.0 Å².